The van der Waals surface area contributed by atoms with E-state index in [-0.39, 0.29) is 17.7 Å². The number of ether oxygens (including phenoxy) is 1. The van der Waals surface area contributed by atoms with E-state index in [1.54, 1.807) is 48.8 Å². The molecule has 2 aromatic carbocycles. The van der Waals surface area contributed by atoms with Crippen molar-refractivity contribution in [1.29, 1.82) is 0 Å². The largest absolute Gasteiger partial charge is 0.478 e. The molecule has 0 amide bonds. The molecule has 1 atom stereocenters. The van der Waals surface area contributed by atoms with Crippen LogP contribution < -0.4 is 14.9 Å². The van der Waals surface area contributed by atoms with E-state index in [4.69, 9.17) is 9.15 Å². The van der Waals surface area contributed by atoms with E-state index < -0.39 is 18.0 Å². The first-order chi connectivity index (χ1) is 19.2. The van der Waals surface area contributed by atoms with Crippen LogP contribution in [0.4, 0.5) is 0 Å². The maximum atomic E-state index is 13.8. The van der Waals surface area contributed by atoms with Crippen LogP contribution in [0.5, 0.6) is 0 Å². The third-order valence-corrected chi connectivity index (χ3v) is 7.71. The molecule has 1 aliphatic heterocycles. The van der Waals surface area contributed by atoms with Gasteiger partial charge in [-0.2, -0.15) is 0 Å². The van der Waals surface area contributed by atoms with E-state index in [2.05, 4.69) is 18.8 Å². The number of hydrogen-bond donors (Lipinski definition) is 1. The monoisotopic (exact) mass is 556 g/mol. The van der Waals surface area contributed by atoms with Gasteiger partial charge < -0.3 is 14.3 Å². The second-order valence-electron chi connectivity index (χ2n) is 9.71. The molecule has 0 radical (unpaired) electrons. The van der Waals surface area contributed by atoms with Crippen LogP contribution in [0.15, 0.2) is 86.1 Å². The van der Waals surface area contributed by atoms with Gasteiger partial charge in [-0.05, 0) is 55.2 Å². The van der Waals surface area contributed by atoms with Gasteiger partial charge in [0.2, 0.25) is 0 Å². The van der Waals surface area contributed by atoms with Crippen LogP contribution in [0.3, 0.4) is 0 Å². The van der Waals surface area contributed by atoms with Gasteiger partial charge in [-0.15, -0.1) is 0 Å². The first-order valence-electron chi connectivity index (χ1n) is 12.9. The van der Waals surface area contributed by atoms with Crippen LogP contribution in [-0.2, 0) is 9.53 Å². The van der Waals surface area contributed by atoms with E-state index in [0.29, 0.717) is 43.6 Å². The standard InChI is InChI=1S/C31H28N2O6S/c1-5-38-30(37)26-18(4)32-31-33(27(26)20-11-9-19(10-12-20)17(2)3)28(34)25(40-31)16-23-13-14-24(39-23)21-7-6-8-22(15-21)29(35)36/h6-17,27H,5H2,1-4H3,(H,35,36)/b25-16-/t27-/m0/s1. The number of aromatic carboxylic acids is 1. The Kier molecular flexibility index (Phi) is 7.40. The minimum absolute atomic E-state index is 0.151. The molecule has 0 saturated heterocycles. The summed E-state index contributed by atoms with van der Waals surface area (Å²) in [5.41, 5.74) is 3.23. The minimum Gasteiger partial charge on any atom is -0.478 e. The number of carbonyl (C=O) groups is 2. The van der Waals surface area contributed by atoms with Gasteiger partial charge in [0, 0.05) is 11.6 Å². The van der Waals surface area contributed by atoms with Crippen LogP contribution >= 0.6 is 11.3 Å². The quantitative estimate of drug-likeness (QED) is 0.325. The molecule has 0 bridgehead atoms. The van der Waals surface area contributed by atoms with E-state index in [0.717, 1.165) is 11.1 Å². The average Bonchev–Trinajstić information content (AvgIpc) is 3.52. The van der Waals surface area contributed by atoms with Crippen LogP contribution in [-0.4, -0.2) is 28.2 Å². The lowest BCUT2D eigenvalue weighted by Gasteiger charge is -2.25. The molecule has 0 fully saturated rings. The van der Waals surface area contributed by atoms with Crippen molar-refractivity contribution in [3.05, 3.63) is 114 Å². The van der Waals surface area contributed by atoms with Gasteiger partial charge in [0.25, 0.3) is 5.56 Å². The Bertz CT molecular complexity index is 1820. The highest BCUT2D eigenvalue weighted by molar-refractivity contribution is 7.07. The molecule has 8 nitrogen and oxygen atoms in total. The van der Waals surface area contributed by atoms with Crippen molar-refractivity contribution in [1.82, 2.24) is 4.57 Å². The maximum Gasteiger partial charge on any atom is 0.338 e. The van der Waals surface area contributed by atoms with Crippen molar-refractivity contribution in [2.75, 3.05) is 6.61 Å². The summed E-state index contributed by atoms with van der Waals surface area (Å²) < 4.78 is 13.2. The van der Waals surface area contributed by atoms with Crippen LogP contribution in [0, 0.1) is 0 Å². The second-order valence-corrected chi connectivity index (χ2v) is 10.7. The molecule has 0 unspecified atom stereocenters. The summed E-state index contributed by atoms with van der Waals surface area (Å²) >= 11 is 1.21. The SMILES string of the molecule is CCOC(=O)C1=C(C)N=c2s/c(=C\c3ccc(-c4cccc(C(=O)O)c4)o3)c(=O)n2[C@H]1c1ccc(C(C)C)cc1. The molecule has 1 N–H and O–H groups in total. The topological polar surface area (TPSA) is 111 Å². The van der Waals surface area contributed by atoms with E-state index in [1.807, 2.05) is 24.3 Å². The third kappa shape index (κ3) is 5.08. The molecule has 2 aromatic heterocycles. The van der Waals surface area contributed by atoms with E-state index in [9.17, 15) is 19.5 Å². The predicted octanol–water partition coefficient (Wildman–Crippen LogP) is 4.88. The zero-order valence-corrected chi connectivity index (χ0v) is 23.3. The molecule has 0 spiro atoms. The van der Waals surface area contributed by atoms with Crippen molar-refractivity contribution in [2.45, 2.75) is 39.7 Å². The van der Waals surface area contributed by atoms with Gasteiger partial charge in [0.05, 0.1) is 34.0 Å². The van der Waals surface area contributed by atoms with Crippen LogP contribution in [0.2, 0.25) is 0 Å². The summed E-state index contributed by atoms with van der Waals surface area (Å²) in [7, 11) is 0. The van der Waals surface area contributed by atoms with Crippen molar-refractivity contribution in [2.24, 2.45) is 4.99 Å². The zero-order chi connectivity index (χ0) is 28.6. The molecule has 0 saturated carbocycles. The minimum atomic E-state index is -1.03. The number of carboxylic acids is 1. The van der Waals surface area contributed by atoms with Crippen molar-refractivity contribution < 1.29 is 23.8 Å². The van der Waals surface area contributed by atoms with Crippen LogP contribution in [0.1, 0.15) is 66.9 Å². The van der Waals surface area contributed by atoms with Gasteiger partial charge >= 0.3 is 11.9 Å². The second kappa shape index (κ2) is 10.9. The van der Waals surface area contributed by atoms with Gasteiger partial charge in [-0.1, -0.05) is 61.6 Å². The normalized spacial score (nSPS) is 15.2. The number of esters is 1. The maximum absolute atomic E-state index is 13.8. The number of aromatic nitrogens is 1. The Morgan fingerprint density at radius 2 is 1.90 bits per heavy atom. The number of fused-ring (bicyclic) bond motifs is 1. The summed E-state index contributed by atoms with van der Waals surface area (Å²) in [6.45, 7) is 7.91. The fourth-order valence-corrected chi connectivity index (χ4v) is 5.72. The summed E-state index contributed by atoms with van der Waals surface area (Å²) in [5.74, 6) is -0.288. The van der Waals surface area contributed by atoms with Gasteiger partial charge in [-0.25, -0.2) is 14.6 Å². The molecule has 5 rings (SSSR count). The van der Waals surface area contributed by atoms with Crippen LogP contribution in [0.25, 0.3) is 17.4 Å². The molecule has 3 heterocycles. The van der Waals surface area contributed by atoms with Gasteiger partial charge in [0.15, 0.2) is 4.80 Å². The molecule has 40 heavy (non-hydrogen) atoms. The molecule has 9 heteroatoms. The zero-order valence-electron chi connectivity index (χ0n) is 22.5. The molecule has 1 aliphatic rings. The number of rotatable bonds is 7. The lowest BCUT2D eigenvalue weighted by Crippen LogP contribution is -2.39. The summed E-state index contributed by atoms with van der Waals surface area (Å²) in [4.78, 5) is 43.3. The van der Waals surface area contributed by atoms with Crippen molar-refractivity contribution >= 4 is 29.4 Å². The van der Waals surface area contributed by atoms with E-state index in [1.165, 1.54) is 23.5 Å². The fourth-order valence-electron chi connectivity index (χ4n) is 4.69. The molecule has 204 valence electrons. The average molecular weight is 557 g/mol. The highest BCUT2D eigenvalue weighted by Gasteiger charge is 2.33. The summed E-state index contributed by atoms with van der Waals surface area (Å²) in [6.07, 6.45) is 1.64. The first kappa shape index (κ1) is 27.1. The highest BCUT2D eigenvalue weighted by atomic mass is 32.1. The van der Waals surface area contributed by atoms with Gasteiger partial charge in [0.1, 0.15) is 11.5 Å². The Balaban J connectivity index is 1.61. The summed E-state index contributed by atoms with van der Waals surface area (Å²) in [6, 6.07) is 17.1. The Morgan fingerprint density at radius 1 is 1.15 bits per heavy atom. The Morgan fingerprint density at radius 3 is 2.58 bits per heavy atom. The Labute approximate surface area is 234 Å². The smallest absolute Gasteiger partial charge is 0.338 e. The Hall–Kier alpha value is -4.50. The number of carboxylic acid groups (broad SMARTS) is 1. The number of hydrogen-bond acceptors (Lipinski definition) is 7. The van der Waals surface area contributed by atoms with Crippen molar-refractivity contribution in [3.63, 3.8) is 0 Å². The predicted molar refractivity (Wildman–Crippen MR) is 152 cm³/mol. The third-order valence-electron chi connectivity index (χ3n) is 6.73. The fraction of sp³-hybridized carbons (Fsp3) is 0.226. The van der Waals surface area contributed by atoms with Crippen molar-refractivity contribution in [3.8, 4) is 11.3 Å². The number of carbonyl (C=O) groups excluding carboxylic acids is 1. The summed E-state index contributed by atoms with van der Waals surface area (Å²) in [5, 5.41) is 9.30. The first-order valence-corrected chi connectivity index (χ1v) is 13.7. The number of allylic oxidation sites excluding steroid dienone is 1. The number of furan rings is 1. The molecular formula is C31H28N2O6S. The lowest BCUT2D eigenvalue weighted by molar-refractivity contribution is -0.139. The number of nitrogens with zero attached hydrogens (tertiary/aromatic N) is 2. The number of thiazole rings is 1. The van der Waals surface area contributed by atoms with Gasteiger partial charge in [-0.3, -0.25) is 9.36 Å². The molecule has 4 aromatic rings. The lowest BCUT2D eigenvalue weighted by atomic mass is 9.93. The highest BCUT2D eigenvalue weighted by Crippen LogP contribution is 2.31. The van der Waals surface area contributed by atoms with E-state index >= 15 is 0 Å². The number of benzene rings is 2. The molecule has 0 aliphatic carbocycles. The molecular weight excluding hydrogens is 528 g/mol.